The minimum absolute atomic E-state index is 0. The summed E-state index contributed by atoms with van der Waals surface area (Å²) in [5.41, 5.74) is 16.3. The van der Waals surface area contributed by atoms with Gasteiger partial charge in [-0.3, -0.25) is 9.78 Å². The van der Waals surface area contributed by atoms with Crippen LogP contribution >= 0.6 is 0 Å². The van der Waals surface area contributed by atoms with Gasteiger partial charge in [0.2, 0.25) is 0 Å². The number of aryl methyl sites for hydroxylation is 4. The molecule has 2 aromatic heterocycles. The maximum atomic E-state index is 11.5. The molecule has 6 aromatic rings. The maximum Gasteiger partial charge on any atom is 0.164 e. The van der Waals surface area contributed by atoms with E-state index in [-0.39, 0.29) is 47.9 Å². The van der Waals surface area contributed by atoms with Gasteiger partial charge in [-0.25, -0.2) is 0 Å². The molecule has 60 heavy (non-hydrogen) atoms. The smallest absolute Gasteiger partial charge is 0.164 e. The Morgan fingerprint density at radius 2 is 1.27 bits per heavy atom. The minimum Gasteiger partial charge on any atom is -0.512 e. The summed E-state index contributed by atoms with van der Waals surface area (Å²) in [7, 11) is 0. The van der Waals surface area contributed by atoms with E-state index < -0.39 is 5.41 Å². The fourth-order valence-corrected chi connectivity index (χ4v) is 7.35. The van der Waals surface area contributed by atoms with E-state index >= 15 is 0 Å². The standard InChI is InChI=1S/C25H18N.C19H24N.C11H20O2.Ir/c1-2-7-22-16(4-1)12-13-23(26-22)21-14-19-10-8-17-5-3-6-18-9-11-20(15-21)25(19)24(17)18;1-18(2,3)15-9-7-8-14(12-15)17-13-16(10-11-20-17)19(4,5)6;1-10(2,3)8(12)7-9(13)11(4,5)6;/h1-7,12-14H,8-11H2;7,9-13H,1-6H3;7,12H,1-6H3;/q2*-1;;/b;;8-7-;. The van der Waals surface area contributed by atoms with E-state index in [1.165, 1.54) is 56.0 Å². The molecule has 315 valence electrons. The first-order valence-corrected chi connectivity index (χ1v) is 21.1. The van der Waals surface area contributed by atoms with E-state index in [0.717, 1.165) is 53.7 Å². The molecular weight excluding hydrogens is 913 g/mol. The number of rotatable bonds is 3. The SMILES string of the molecule is CC(C)(C)C(=O)/C=C(\O)C(C)(C)C.CC(C)(C)c1cc[c-]c(-c2cc(C(C)(C)C)ccn2)c1.[Ir].[c-]1c(-c2ccc3ccccc3n2)cc2c3c1CCc1cccc(c1-3)CC2. The fourth-order valence-electron chi connectivity index (χ4n) is 7.35. The number of hydrogen-bond donors (Lipinski definition) is 1. The van der Waals surface area contributed by atoms with Crippen molar-refractivity contribution in [3.63, 3.8) is 0 Å². The first-order chi connectivity index (χ1) is 27.6. The second kappa shape index (κ2) is 18.1. The zero-order valence-electron chi connectivity index (χ0n) is 37.7. The van der Waals surface area contributed by atoms with Crippen LogP contribution in [0.15, 0.2) is 109 Å². The van der Waals surface area contributed by atoms with Gasteiger partial charge < -0.3 is 10.1 Å². The summed E-state index contributed by atoms with van der Waals surface area (Å²) in [6.45, 7) is 24.5. The van der Waals surface area contributed by atoms with Crippen LogP contribution < -0.4 is 0 Å². The number of para-hydroxylation sites is 1. The van der Waals surface area contributed by atoms with Crippen LogP contribution in [0.4, 0.5) is 0 Å². The van der Waals surface area contributed by atoms with Gasteiger partial charge in [-0.15, -0.1) is 64.2 Å². The van der Waals surface area contributed by atoms with Crippen molar-refractivity contribution in [2.45, 2.75) is 120 Å². The topological polar surface area (TPSA) is 63.1 Å². The summed E-state index contributed by atoms with van der Waals surface area (Å²) in [5, 5.41) is 10.7. The van der Waals surface area contributed by atoms with Gasteiger partial charge in [0.05, 0.1) is 5.52 Å². The molecule has 0 amide bonds. The quantitative estimate of drug-likeness (QED) is 0.109. The zero-order valence-corrected chi connectivity index (χ0v) is 40.1. The van der Waals surface area contributed by atoms with Gasteiger partial charge in [-0.2, -0.15) is 0 Å². The van der Waals surface area contributed by atoms with Crippen molar-refractivity contribution in [2.75, 3.05) is 0 Å². The molecule has 4 aromatic carbocycles. The van der Waals surface area contributed by atoms with Crippen LogP contribution in [0, 0.1) is 23.0 Å². The van der Waals surface area contributed by atoms with E-state index in [1.54, 1.807) is 0 Å². The molecule has 1 radical (unpaired) electrons. The summed E-state index contributed by atoms with van der Waals surface area (Å²) >= 11 is 0. The molecular formula is C55H62IrN2O2-2. The molecule has 4 nitrogen and oxygen atoms in total. The van der Waals surface area contributed by atoms with Crippen molar-refractivity contribution >= 4 is 16.7 Å². The first kappa shape index (κ1) is 46.4. The normalized spacial score (nSPS) is 13.5. The molecule has 2 aliphatic carbocycles. The van der Waals surface area contributed by atoms with Gasteiger partial charge >= 0.3 is 0 Å². The predicted molar refractivity (Wildman–Crippen MR) is 247 cm³/mol. The predicted octanol–water partition coefficient (Wildman–Crippen LogP) is 13.8. The Hall–Kier alpha value is -4.70. The number of aliphatic hydroxyl groups excluding tert-OH is 1. The minimum atomic E-state index is -0.417. The van der Waals surface area contributed by atoms with Gasteiger partial charge in [-0.05, 0) is 82.1 Å². The Morgan fingerprint density at radius 1 is 0.633 bits per heavy atom. The molecule has 0 atom stereocenters. The van der Waals surface area contributed by atoms with E-state index in [2.05, 4.69) is 144 Å². The van der Waals surface area contributed by atoms with Crippen molar-refractivity contribution in [1.29, 1.82) is 0 Å². The molecule has 0 bridgehead atoms. The number of aliphatic hydroxyl groups is 1. The van der Waals surface area contributed by atoms with Crippen LogP contribution in [-0.4, -0.2) is 20.9 Å². The third-order valence-corrected chi connectivity index (χ3v) is 11.2. The van der Waals surface area contributed by atoms with Crippen molar-refractivity contribution < 1.29 is 30.0 Å². The Balaban J connectivity index is 0.000000180. The Bertz CT molecular complexity index is 2420. The molecule has 0 saturated heterocycles. The van der Waals surface area contributed by atoms with Crippen molar-refractivity contribution in [3.8, 4) is 33.6 Å². The molecule has 2 aliphatic rings. The van der Waals surface area contributed by atoms with Crippen LogP contribution in [0.5, 0.6) is 0 Å². The fraction of sp³-hybridized carbons (Fsp3) is 0.364. The van der Waals surface area contributed by atoms with Crippen LogP contribution in [0.1, 0.15) is 116 Å². The van der Waals surface area contributed by atoms with Gasteiger partial charge in [0.15, 0.2) is 5.78 Å². The largest absolute Gasteiger partial charge is 0.512 e. The van der Waals surface area contributed by atoms with E-state index in [4.69, 9.17) is 4.98 Å². The van der Waals surface area contributed by atoms with Crippen molar-refractivity contribution in [1.82, 2.24) is 9.97 Å². The van der Waals surface area contributed by atoms with Crippen molar-refractivity contribution in [2.24, 2.45) is 10.8 Å². The molecule has 5 heteroatoms. The van der Waals surface area contributed by atoms with Crippen LogP contribution in [0.25, 0.3) is 44.5 Å². The third-order valence-electron chi connectivity index (χ3n) is 11.2. The zero-order chi connectivity index (χ0) is 42.9. The Morgan fingerprint density at radius 3 is 1.92 bits per heavy atom. The van der Waals surface area contributed by atoms with E-state index in [0.29, 0.717) is 0 Å². The summed E-state index contributed by atoms with van der Waals surface area (Å²) in [6.07, 6.45) is 7.70. The average molecular weight is 975 g/mol. The van der Waals surface area contributed by atoms with Gasteiger partial charge in [0.1, 0.15) is 5.76 Å². The number of pyridine rings is 2. The molecule has 0 unspecified atom stereocenters. The molecule has 1 N–H and O–H groups in total. The van der Waals surface area contributed by atoms with Crippen LogP contribution in [-0.2, 0) is 61.4 Å². The maximum absolute atomic E-state index is 11.5. The number of allylic oxidation sites excluding steroid dienone is 2. The number of carbonyl (C=O) groups is 1. The molecule has 0 aliphatic heterocycles. The van der Waals surface area contributed by atoms with Crippen LogP contribution in [0.3, 0.4) is 0 Å². The molecule has 0 spiro atoms. The molecule has 0 fully saturated rings. The number of hydrogen-bond acceptors (Lipinski definition) is 4. The average Bonchev–Trinajstić information content (AvgIpc) is 3.19. The number of benzene rings is 4. The number of ketones is 1. The van der Waals surface area contributed by atoms with Gasteiger partial charge in [0.25, 0.3) is 0 Å². The molecule has 0 saturated carbocycles. The number of aromatic nitrogens is 2. The van der Waals surface area contributed by atoms with Crippen LogP contribution in [0.2, 0.25) is 0 Å². The van der Waals surface area contributed by atoms with Crippen molar-refractivity contribution in [3.05, 3.63) is 155 Å². The number of carbonyl (C=O) groups excluding carboxylic acids is 1. The summed E-state index contributed by atoms with van der Waals surface area (Å²) in [4.78, 5) is 20.9. The van der Waals surface area contributed by atoms with Gasteiger partial charge in [0, 0.05) is 43.2 Å². The van der Waals surface area contributed by atoms with E-state index in [9.17, 15) is 9.90 Å². The Kier molecular flexibility index (Phi) is 14.0. The Labute approximate surface area is 373 Å². The second-order valence-electron chi connectivity index (χ2n) is 20.2. The first-order valence-electron chi connectivity index (χ1n) is 21.1. The molecule has 2 heterocycles. The monoisotopic (exact) mass is 975 g/mol. The second-order valence-corrected chi connectivity index (χ2v) is 20.2. The number of fused-ring (bicyclic) bond motifs is 1. The number of nitrogens with zero attached hydrogens (tertiary/aromatic N) is 2. The summed E-state index contributed by atoms with van der Waals surface area (Å²) < 4.78 is 0. The van der Waals surface area contributed by atoms with E-state index in [1.807, 2.05) is 53.8 Å². The summed E-state index contributed by atoms with van der Waals surface area (Å²) in [5.74, 6) is 0.104. The third kappa shape index (κ3) is 11.0. The molecule has 8 rings (SSSR count). The van der Waals surface area contributed by atoms with Gasteiger partial charge in [-0.1, -0.05) is 149 Å². The summed E-state index contributed by atoms with van der Waals surface area (Å²) in [6, 6.07) is 39.4.